The standard InChI is InChI=1S/C18H19NO5/c1-18(2,9-11-3-6-15-16(7-11)23-10-22-15)12-4-5-13(14(19)8-12)17(20)24-21/h3-8,21H,9-10,19H2,1-2H3. The van der Waals surface area contributed by atoms with E-state index in [4.69, 9.17) is 20.5 Å². The topological polar surface area (TPSA) is 91.0 Å². The molecule has 2 aromatic rings. The van der Waals surface area contributed by atoms with Crippen molar-refractivity contribution in [2.24, 2.45) is 0 Å². The number of hydrogen-bond acceptors (Lipinski definition) is 6. The number of nitrogen functional groups attached to an aromatic ring is 1. The van der Waals surface area contributed by atoms with Crippen LogP contribution < -0.4 is 15.2 Å². The van der Waals surface area contributed by atoms with E-state index in [-0.39, 0.29) is 23.5 Å². The molecule has 0 unspecified atom stereocenters. The minimum absolute atomic E-state index is 0.139. The van der Waals surface area contributed by atoms with Crippen LogP contribution in [-0.2, 0) is 16.7 Å². The van der Waals surface area contributed by atoms with Gasteiger partial charge in [0.25, 0.3) is 0 Å². The van der Waals surface area contributed by atoms with Gasteiger partial charge in [0, 0.05) is 5.69 Å². The van der Waals surface area contributed by atoms with Crippen LogP contribution in [0.1, 0.15) is 35.3 Å². The third kappa shape index (κ3) is 3.00. The molecule has 0 fully saturated rings. The first kappa shape index (κ1) is 16.1. The van der Waals surface area contributed by atoms with E-state index in [0.29, 0.717) is 0 Å². The minimum atomic E-state index is -0.868. The zero-order valence-electron chi connectivity index (χ0n) is 13.5. The van der Waals surface area contributed by atoms with Gasteiger partial charge >= 0.3 is 5.97 Å². The van der Waals surface area contributed by atoms with Gasteiger partial charge in [-0.05, 0) is 47.2 Å². The average Bonchev–Trinajstić information content (AvgIpc) is 3.01. The first-order valence-corrected chi connectivity index (χ1v) is 7.55. The number of nitrogens with two attached hydrogens (primary N) is 1. The molecular formula is C18H19NO5. The van der Waals surface area contributed by atoms with E-state index in [1.807, 2.05) is 24.3 Å². The molecule has 2 aromatic carbocycles. The molecule has 3 N–H and O–H groups in total. The second kappa shape index (κ2) is 6.05. The summed E-state index contributed by atoms with van der Waals surface area (Å²) in [5.41, 5.74) is 8.19. The molecule has 24 heavy (non-hydrogen) atoms. The number of carbonyl (C=O) groups is 1. The van der Waals surface area contributed by atoms with Gasteiger partial charge in [0.05, 0.1) is 5.56 Å². The molecule has 0 saturated carbocycles. The van der Waals surface area contributed by atoms with E-state index >= 15 is 0 Å². The van der Waals surface area contributed by atoms with E-state index < -0.39 is 5.97 Å². The highest BCUT2D eigenvalue weighted by Gasteiger charge is 2.24. The molecular weight excluding hydrogens is 310 g/mol. The van der Waals surface area contributed by atoms with Crippen molar-refractivity contribution in [3.63, 3.8) is 0 Å². The third-order valence-electron chi connectivity index (χ3n) is 4.22. The number of rotatable bonds is 4. The van der Waals surface area contributed by atoms with Crippen molar-refractivity contribution in [3.05, 3.63) is 53.1 Å². The average molecular weight is 329 g/mol. The first-order valence-electron chi connectivity index (χ1n) is 7.55. The molecule has 6 heteroatoms. The fourth-order valence-electron chi connectivity index (χ4n) is 2.88. The van der Waals surface area contributed by atoms with E-state index in [9.17, 15) is 4.79 Å². The Bertz CT molecular complexity index is 785. The SMILES string of the molecule is CC(C)(Cc1ccc2c(c1)OCO2)c1ccc(C(=O)OO)c(N)c1. The molecule has 3 rings (SSSR count). The summed E-state index contributed by atoms with van der Waals surface area (Å²) in [5, 5.41) is 8.49. The van der Waals surface area contributed by atoms with Gasteiger partial charge in [-0.25, -0.2) is 4.79 Å². The number of benzene rings is 2. The minimum Gasteiger partial charge on any atom is -0.454 e. The summed E-state index contributed by atoms with van der Waals surface area (Å²) in [6.45, 7) is 4.44. The van der Waals surface area contributed by atoms with Crippen LogP contribution >= 0.6 is 0 Å². The Labute approximate surface area is 139 Å². The van der Waals surface area contributed by atoms with Crippen molar-refractivity contribution < 1.29 is 24.4 Å². The Morgan fingerprint density at radius 2 is 1.96 bits per heavy atom. The maximum absolute atomic E-state index is 11.4. The fourth-order valence-corrected chi connectivity index (χ4v) is 2.88. The van der Waals surface area contributed by atoms with Gasteiger partial charge in [-0.15, -0.1) is 0 Å². The Morgan fingerprint density at radius 1 is 1.21 bits per heavy atom. The normalized spacial score (nSPS) is 13.0. The van der Waals surface area contributed by atoms with Crippen LogP contribution in [0.25, 0.3) is 0 Å². The van der Waals surface area contributed by atoms with Crippen molar-refractivity contribution in [2.45, 2.75) is 25.7 Å². The molecule has 1 aliphatic rings. The van der Waals surface area contributed by atoms with Gasteiger partial charge in [-0.1, -0.05) is 26.0 Å². The molecule has 0 spiro atoms. The van der Waals surface area contributed by atoms with Crippen LogP contribution in [0.3, 0.4) is 0 Å². The van der Waals surface area contributed by atoms with E-state index in [1.165, 1.54) is 0 Å². The summed E-state index contributed by atoms with van der Waals surface area (Å²) < 4.78 is 10.7. The van der Waals surface area contributed by atoms with Gasteiger partial charge in [0.2, 0.25) is 6.79 Å². The zero-order chi connectivity index (χ0) is 17.3. The Balaban J connectivity index is 1.85. The monoisotopic (exact) mass is 329 g/mol. The number of carbonyl (C=O) groups excluding carboxylic acids is 1. The van der Waals surface area contributed by atoms with Crippen LogP contribution in [0.15, 0.2) is 36.4 Å². The Kier molecular flexibility index (Phi) is 4.07. The Morgan fingerprint density at radius 3 is 2.67 bits per heavy atom. The lowest BCUT2D eigenvalue weighted by atomic mass is 9.78. The summed E-state index contributed by atoms with van der Waals surface area (Å²) in [4.78, 5) is 15.2. The van der Waals surface area contributed by atoms with E-state index in [1.54, 1.807) is 12.1 Å². The smallest absolute Gasteiger partial charge is 0.374 e. The molecule has 0 aliphatic carbocycles. The van der Waals surface area contributed by atoms with Gasteiger partial charge in [0.15, 0.2) is 11.5 Å². The van der Waals surface area contributed by atoms with Crippen molar-refractivity contribution in [1.82, 2.24) is 0 Å². The third-order valence-corrected chi connectivity index (χ3v) is 4.22. The highest BCUT2D eigenvalue weighted by atomic mass is 17.1. The van der Waals surface area contributed by atoms with Crippen molar-refractivity contribution in [2.75, 3.05) is 12.5 Å². The number of hydrogen-bond donors (Lipinski definition) is 2. The summed E-state index contributed by atoms with van der Waals surface area (Å²) in [5.74, 6) is 0.643. The molecule has 0 aromatic heterocycles. The predicted molar refractivity (Wildman–Crippen MR) is 88.2 cm³/mol. The van der Waals surface area contributed by atoms with Crippen LogP contribution in [0.5, 0.6) is 11.5 Å². The van der Waals surface area contributed by atoms with Gasteiger partial charge < -0.3 is 15.2 Å². The molecule has 0 bridgehead atoms. The van der Waals surface area contributed by atoms with Crippen molar-refractivity contribution in [1.29, 1.82) is 0 Å². The van der Waals surface area contributed by atoms with Crippen LogP contribution in [-0.4, -0.2) is 18.0 Å². The Hall–Kier alpha value is -2.73. The summed E-state index contributed by atoms with van der Waals surface area (Å²) >= 11 is 0. The summed E-state index contributed by atoms with van der Waals surface area (Å²) in [6.07, 6.45) is 0.757. The molecule has 0 saturated heterocycles. The van der Waals surface area contributed by atoms with Crippen LogP contribution in [0.4, 0.5) is 5.69 Å². The van der Waals surface area contributed by atoms with Crippen molar-refractivity contribution >= 4 is 11.7 Å². The number of ether oxygens (including phenoxy) is 2. The molecule has 126 valence electrons. The second-order valence-corrected chi connectivity index (χ2v) is 6.43. The fraction of sp³-hybridized carbons (Fsp3) is 0.278. The molecule has 0 amide bonds. The molecule has 6 nitrogen and oxygen atoms in total. The molecule has 0 radical (unpaired) electrons. The molecule has 1 aliphatic heterocycles. The molecule has 1 heterocycles. The number of fused-ring (bicyclic) bond motifs is 1. The maximum atomic E-state index is 11.4. The van der Waals surface area contributed by atoms with Crippen molar-refractivity contribution in [3.8, 4) is 11.5 Å². The van der Waals surface area contributed by atoms with E-state index in [0.717, 1.165) is 29.0 Å². The maximum Gasteiger partial charge on any atom is 0.374 e. The highest BCUT2D eigenvalue weighted by Crippen LogP contribution is 2.36. The lowest BCUT2D eigenvalue weighted by Crippen LogP contribution is -2.21. The van der Waals surface area contributed by atoms with Gasteiger partial charge in [0.1, 0.15) is 0 Å². The zero-order valence-corrected chi connectivity index (χ0v) is 13.5. The lowest BCUT2D eigenvalue weighted by Gasteiger charge is -2.26. The van der Waals surface area contributed by atoms with E-state index in [2.05, 4.69) is 18.7 Å². The summed E-state index contributed by atoms with van der Waals surface area (Å²) in [7, 11) is 0. The summed E-state index contributed by atoms with van der Waals surface area (Å²) in [6, 6.07) is 11.0. The first-order chi connectivity index (χ1) is 11.4. The largest absolute Gasteiger partial charge is 0.454 e. The lowest BCUT2D eigenvalue weighted by molar-refractivity contribution is -0.182. The van der Waals surface area contributed by atoms with Crippen LogP contribution in [0, 0.1) is 0 Å². The second-order valence-electron chi connectivity index (χ2n) is 6.43. The highest BCUT2D eigenvalue weighted by molar-refractivity contribution is 5.94. The van der Waals surface area contributed by atoms with Gasteiger partial charge in [-0.2, -0.15) is 5.26 Å². The predicted octanol–water partition coefficient (Wildman–Crippen LogP) is 3.15. The number of anilines is 1. The van der Waals surface area contributed by atoms with Crippen LogP contribution in [0.2, 0.25) is 0 Å². The quantitative estimate of drug-likeness (QED) is 0.509. The molecule has 0 atom stereocenters. The van der Waals surface area contributed by atoms with Gasteiger partial charge in [-0.3, -0.25) is 4.89 Å².